The number of carbonyl (C=O) groups excluding carboxylic acids is 2. The van der Waals surface area contributed by atoms with Crippen molar-refractivity contribution in [2.45, 2.75) is 495 Å². The molecule has 0 aromatic carbocycles. The van der Waals surface area contributed by atoms with Crippen molar-refractivity contribution in [1.29, 1.82) is 0 Å². The maximum absolute atomic E-state index is 12.4. The molecule has 5 heteroatoms. The van der Waals surface area contributed by atoms with Crippen LogP contribution in [0.2, 0.25) is 0 Å². The number of hydrogen-bond acceptors (Lipinski definition) is 5. The number of esters is 2. The summed E-state index contributed by atoms with van der Waals surface area (Å²) in [7, 11) is 0. The van der Waals surface area contributed by atoms with E-state index in [0.29, 0.717) is 12.8 Å². The highest BCUT2D eigenvalue weighted by molar-refractivity contribution is 5.70. The molecule has 1 unspecified atom stereocenters. The molecule has 0 bridgehead atoms. The van der Waals surface area contributed by atoms with Gasteiger partial charge in [0.15, 0.2) is 6.10 Å². The number of aliphatic hydroxyl groups is 1. The Bertz CT molecular complexity index is 1390. The molecule has 0 amide bonds. The Morgan fingerprint density at radius 1 is 0.256 bits per heavy atom. The van der Waals surface area contributed by atoms with Gasteiger partial charge in [-0.05, 0) is 44.9 Å². The molecule has 0 radical (unpaired) electrons. The second kappa shape index (κ2) is 81.6. The van der Waals surface area contributed by atoms with Crippen molar-refractivity contribution in [2.75, 3.05) is 13.2 Å². The van der Waals surface area contributed by atoms with Crippen LogP contribution in [0.3, 0.4) is 0 Å². The summed E-state index contributed by atoms with van der Waals surface area (Å²) in [6.45, 7) is 4.21. The molecule has 0 aromatic rings. The molecule has 5 nitrogen and oxygen atoms in total. The van der Waals surface area contributed by atoms with Gasteiger partial charge >= 0.3 is 11.9 Å². The molecule has 0 saturated heterocycles. The van der Waals surface area contributed by atoms with Crippen LogP contribution in [0.5, 0.6) is 0 Å². The van der Waals surface area contributed by atoms with Gasteiger partial charge in [0.05, 0.1) is 6.61 Å². The molecule has 90 heavy (non-hydrogen) atoms. The predicted molar refractivity (Wildman–Crippen MR) is 399 cm³/mol. The lowest BCUT2D eigenvalue weighted by Gasteiger charge is -2.15. The van der Waals surface area contributed by atoms with Gasteiger partial charge in [-0.1, -0.05) is 456 Å². The molecule has 0 fully saturated rings. The fourth-order valence-corrected chi connectivity index (χ4v) is 13.5. The summed E-state index contributed by atoms with van der Waals surface area (Å²) in [6.07, 6.45) is 109. The monoisotopic (exact) mass is 1270 g/mol. The van der Waals surface area contributed by atoms with Crippen LogP contribution < -0.4 is 0 Å². The molecule has 0 heterocycles. The van der Waals surface area contributed by atoms with Crippen LogP contribution in [-0.4, -0.2) is 36.4 Å². The topological polar surface area (TPSA) is 72.8 Å². The van der Waals surface area contributed by atoms with Crippen LogP contribution in [0.1, 0.15) is 489 Å². The van der Waals surface area contributed by atoms with E-state index >= 15 is 0 Å². The van der Waals surface area contributed by atoms with Crippen molar-refractivity contribution in [2.24, 2.45) is 0 Å². The molecular formula is C85H164O5. The van der Waals surface area contributed by atoms with Gasteiger partial charge in [-0.15, -0.1) is 0 Å². The first-order valence-electron chi connectivity index (χ1n) is 41.9. The van der Waals surface area contributed by atoms with Crippen LogP contribution in [0.15, 0.2) is 24.3 Å². The van der Waals surface area contributed by atoms with E-state index in [1.807, 2.05) is 0 Å². The largest absolute Gasteiger partial charge is 0.462 e. The predicted octanol–water partition coefficient (Wildman–Crippen LogP) is 29.5. The van der Waals surface area contributed by atoms with Crippen molar-refractivity contribution in [3.63, 3.8) is 0 Å². The van der Waals surface area contributed by atoms with Crippen LogP contribution in [-0.2, 0) is 19.1 Å². The molecule has 0 spiro atoms. The number of unbranched alkanes of at least 4 members (excludes halogenated alkanes) is 68. The van der Waals surface area contributed by atoms with E-state index in [4.69, 9.17) is 9.47 Å². The van der Waals surface area contributed by atoms with Gasteiger partial charge in [-0.3, -0.25) is 9.59 Å². The van der Waals surface area contributed by atoms with Gasteiger partial charge < -0.3 is 14.6 Å². The molecule has 0 aliphatic heterocycles. The Hall–Kier alpha value is -1.62. The van der Waals surface area contributed by atoms with E-state index in [0.717, 1.165) is 38.5 Å². The zero-order valence-electron chi connectivity index (χ0n) is 61.7. The molecular weight excluding hydrogens is 1100 g/mol. The van der Waals surface area contributed by atoms with Crippen molar-refractivity contribution in [3.05, 3.63) is 24.3 Å². The number of hydrogen-bond donors (Lipinski definition) is 1. The third kappa shape index (κ3) is 78.8. The van der Waals surface area contributed by atoms with Gasteiger partial charge in [0.2, 0.25) is 0 Å². The SMILES string of the molecule is CCCCCCC/C=C\C/C=C\CCCCCCCCCCCCCCCCCCCCCCCCCCCCCCCC(=O)OC(CO)COC(=O)CCCCCCCCCCCCCCCCCCCCCCCCCCCCCCCCCCCCC. The van der Waals surface area contributed by atoms with E-state index in [2.05, 4.69) is 38.2 Å². The molecule has 0 aliphatic carbocycles. The quantitative estimate of drug-likeness (QED) is 0.0373. The van der Waals surface area contributed by atoms with Gasteiger partial charge in [-0.2, -0.15) is 0 Å². The second-order valence-corrected chi connectivity index (χ2v) is 28.9. The fourth-order valence-electron chi connectivity index (χ4n) is 13.5. The van der Waals surface area contributed by atoms with Crippen LogP contribution in [0.25, 0.3) is 0 Å². The molecule has 0 saturated carbocycles. The number of ether oxygens (including phenoxy) is 2. The highest BCUT2D eigenvalue weighted by Crippen LogP contribution is 2.21. The summed E-state index contributed by atoms with van der Waals surface area (Å²) in [5.74, 6) is -0.557. The molecule has 0 aliphatic rings. The molecule has 1 atom stereocenters. The summed E-state index contributed by atoms with van der Waals surface area (Å²) in [5.41, 5.74) is 0. The summed E-state index contributed by atoms with van der Waals surface area (Å²) >= 11 is 0. The zero-order chi connectivity index (χ0) is 64.7. The molecule has 1 N–H and O–H groups in total. The normalized spacial score (nSPS) is 12.2. The minimum Gasteiger partial charge on any atom is -0.462 e. The maximum atomic E-state index is 12.4. The minimum absolute atomic E-state index is 0.0564. The van der Waals surface area contributed by atoms with E-state index in [1.165, 1.54) is 424 Å². The highest BCUT2D eigenvalue weighted by Gasteiger charge is 2.16. The number of allylic oxidation sites excluding steroid dienone is 4. The first-order valence-corrected chi connectivity index (χ1v) is 41.9. The van der Waals surface area contributed by atoms with Gasteiger partial charge in [0.1, 0.15) is 6.61 Å². The Morgan fingerprint density at radius 2 is 0.444 bits per heavy atom. The first kappa shape index (κ1) is 88.4. The standard InChI is InChI=1S/C85H164O5/c1-3-5-7-9-11-13-15-17-19-21-23-25-27-29-31-33-35-37-39-40-41-42-43-44-46-48-50-52-54-56-58-60-62-64-66-68-70-72-74-76-78-80-85(88)90-83(81-86)82-89-84(87)79-77-75-73-71-69-67-65-63-61-59-57-55-53-51-49-47-45-38-36-34-32-30-28-26-24-22-20-18-16-14-12-10-8-6-4-2/h15,17,21,23,83,86H,3-14,16,18-20,22,24-82H2,1-2H3/b17-15-,23-21-. The Kier molecular flexibility index (Phi) is 80.1. The van der Waals surface area contributed by atoms with Gasteiger partial charge in [0.25, 0.3) is 0 Å². The number of carbonyl (C=O) groups is 2. The van der Waals surface area contributed by atoms with Gasteiger partial charge in [-0.25, -0.2) is 0 Å². The van der Waals surface area contributed by atoms with Crippen molar-refractivity contribution < 1.29 is 24.2 Å². The third-order valence-electron chi connectivity index (χ3n) is 19.7. The summed E-state index contributed by atoms with van der Waals surface area (Å²) in [6, 6.07) is 0. The second-order valence-electron chi connectivity index (χ2n) is 28.9. The van der Waals surface area contributed by atoms with Gasteiger partial charge in [0, 0.05) is 12.8 Å². The lowest BCUT2D eigenvalue weighted by Crippen LogP contribution is -2.28. The fraction of sp³-hybridized carbons (Fsp3) is 0.929. The van der Waals surface area contributed by atoms with Crippen LogP contribution in [0.4, 0.5) is 0 Å². The summed E-state index contributed by atoms with van der Waals surface area (Å²) < 4.78 is 10.8. The van der Waals surface area contributed by atoms with Crippen molar-refractivity contribution >= 4 is 11.9 Å². The summed E-state index contributed by atoms with van der Waals surface area (Å²) in [4.78, 5) is 24.7. The minimum atomic E-state index is -0.768. The smallest absolute Gasteiger partial charge is 0.306 e. The van der Waals surface area contributed by atoms with Crippen LogP contribution in [0, 0.1) is 0 Å². The maximum Gasteiger partial charge on any atom is 0.306 e. The molecule has 0 rings (SSSR count). The number of aliphatic hydroxyl groups excluding tert-OH is 1. The Balaban J connectivity index is 3.33. The first-order chi connectivity index (χ1) is 44.6. The lowest BCUT2D eigenvalue weighted by molar-refractivity contribution is -0.161. The lowest BCUT2D eigenvalue weighted by atomic mass is 10.0. The Labute approximate surface area is 565 Å². The average molecular weight is 1270 g/mol. The highest BCUT2D eigenvalue weighted by atomic mass is 16.6. The van der Waals surface area contributed by atoms with Crippen LogP contribution >= 0.6 is 0 Å². The van der Waals surface area contributed by atoms with Crippen molar-refractivity contribution in [1.82, 2.24) is 0 Å². The van der Waals surface area contributed by atoms with E-state index < -0.39 is 6.10 Å². The Morgan fingerprint density at radius 3 is 0.656 bits per heavy atom. The van der Waals surface area contributed by atoms with E-state index in [1.54, 1.807) is 0 Å². The average Bonchev–Trinajstić information content (AvgIpc) is 3.60. The number of rotatable bonds is 80. The third-order valence-corrected chi connectivity index (χ3v) is 19.7. The van der Waals surface area contributed by atoms with E-state index in [9.17, 15) is 14.7 Å². The zero-order valence-corrected chi connectivity index (χ0v) is 61.7. The molecule has 0 aromatic heterocycles. The molecule has 534 valence electrons. The van der Waals surface area contributed by atoms with Crippen molar-refractivity contribution in [3.8, 4) is 0 Å². The van der Waals surface area contributed by atoms with E-state index in [-0.39, 0.29) is 25.2 Å². The summed E-state index contributed by atoms with van der Waals surface area (Å²) in [5, 5.41) is 9.74.